The molecule has 7 heteroatoms. The molecule has 1 atom stereocenters. The molecule has 1 N–H and O–H groups in total. The van der Waals surface area contributed by atoms with E-state index in [-0.39, 0.29) is 11.9 Å². The molecule has 1 saturated carbocycles. The third-order valence-electron chi connectivity index (χ3n) is 5.12. The van der Waals surface area contributed by atoms with Gasteiger partial charge in [-0.15, -0.1) is 0 Å². The molecule has 154 valence electrons. The average Bonchev–Trinajstić information content (AvgIpc) is 3.59. The first-order valence-corrected chi connectivity index (χ1v) is 10.2. The zero-order valence-electron chi connectivity index (χ0n) is 17.5. The number of nitrogens with one attached hydrogen (secondary N) is 1. The minimum atomic E-state index is -0.249. The van der Waals surface area contributed by atoms with Crippen LogP contribution in [0.25, 0.3) is 0 Å². The Morgan fingerprint density at radius 3 is 2.53 bits per heavy atom. The Morgan fingerprint density at radius 2 is 1.90 bits per heavy atom. The summed E-state index contributed by atoms with van der Waals surface area (Å²) in [5.41, 5.74) is 3.01. The summed E-state index contributed by atoms with van der Waals surface area (Å²) >= 11 is 0. The second-order valence-corrected chi connectivity index (χ2v) is 7.93. The monoisotopic (exact) mass is 402 g/mol. The number of aryl methyl sites for hydroxylation is 1. The molecule has 3 aromatic rings. The Bertz CT molecular complexity index is 995. The van der Waals surface area contributed by atoms with Crippen LogP contribution in [0.1, 0.15) is 58.1 Å². The van der Waals surface area contributed by atoms with E-state index in [1.807, 2.05) is 62.3 Å². The van der Waals surface area contributed by atoms with Crippen LogP contribution in [-0.2, 0) is 6.42 Å². The summed E-state index contributed by atoms with van der Waals surface area (Å²) < 4.78 is 0. The lowest BCUT2D eigenvalue weighted by molar-refractivity contribution is 0.0931. The van der Waals surface area contributed by atoms with Crippen LogP contribution in [0, 0.1) is 6.92 Å². The molecule has 1 aromatic carbocycles. The fourth-order valence-corrected chi connectivity index (χ4v) is 3.25. The maximum Gasteiger partial charge on any atom is 0.271 e. The summed E-state index contributed by atoms with van der Waals surface area (Å²) in [5, 5.41) is 3.12. The molecule has 0 spiro atoms. The molecule has 4 rings (SSSR count). The Morgan fingerprint density at radius 1 is 1.13 bits per heavy atom. The molecule has 1 aliphatic rings. The van der Waals surface area contributed by atoms with Gasteiger partial charge in [-0.2, -0.15) is 0 Å². The largest absolute Gasteiger partial charge is 0.363 e. The normalized spacial score (nSPS) is 14.2. The predicted octanol–water partition coefficient (Wildman–Crippen LogP) is 3.23. The molecule has 0 aliphatic heterocycles. The maximum absolute atomic E-state index is 12.8. The van der Waals surface area contributed by atoms with E-state index in [9.17, 15) is 4.79 Å². The van der Waals surface area contributed by atoms with Gasteiger partial charge < -0.3 is 10.2 Å². The van der Waals surface area contributed by atoms with Crippen LogP contribution in [0.2, 0.25) is 0 Å². The van der Waals surface area contributed by atoms with Gasteiger partial charge in [0.2, 0.25) is 0 Å². The molecule has 0 bridgehead atoms. The van der Waals surface area contributed by atoms with Crippen LogP contribution >= 0.6 is 0 Å². The van der Waals surface area contributed by atoms with E-state index >= 15 is 0 Å². The summed E-state index contributed by atoms with van der Waals surface area (Å²) in [6, 6.07) is 11.7. The van der Waals surface area contributed by atoms with Crippen LogP contribution < -0.4 is 10.2 Å². The van der Waals surface area contributed by atoms with Crippen LogP contribution in [0.15, 0.2) is 48.8 Å². The fourth-order valence-electron chi connectivity index (χ4n) is 3.25. The molecule has 0 radical (unpaired) electrons. The summed E-state index contributed by atoms with van der Waals surface area (Å²) in [6.07, 6.45) is 5.95. The number of hydrogen-bond donors (Lipinski definition) is 1. The third kappa shape index (κ3) is 4.79. The summed E-state index contributed by atoms with van der Waals surface area (Å²) in [4.78, 5) is 32.7. The van der Waals surface area contributed by atoms with E-state index < -0.39 is 0 Å². The Kier molecular flexibility index (Phi) is 5.70. The van der Waals surface area contributed by atoms with Crippen molar-refractivity contribution in [2.75, 3.05) is 19.0 Å². The van der Waals surface area contributed by atoms with Crippen molar-refractivity contribution in [1.82, 2.24) is 25.3 Å². The van der Waals surface area contributed by atoms with Gasteiger partial charge in [0.15, 0.2) is 0 Å². The maximum atomic E-state index is 12.8. The standard InChI is InChI=1S/C23H26N6O/c1-15-13-25-20(14-24-15)23(30)27-19(16-7-5-4-6-8-16)11-18-12-21(29(2)3)28-22(26-18)17-9-10-17/h4-8,12-14,17,19H,9-11H2,1-3H3,(H,27,30)/t19-/m0/s1. The topological polar surface area (TPSA) is 83.9 Å². The number of nitrogens with zero attached hydrogens (tertiary/aromatic N) is 5. The van der Waals surface area contributed by atoms with Crippen molar-refractivity contribution in [3.63, 3.8) is 0 Å². The van der Waals surface area contributed by atoms with Gasteiger partial charge in [-0.25, -0.2) is 15.0 Å². The number of hydrogen-bond acceptors (Lipinski definition) is 6. The molecular formula is C23H26N6O. The van der Waals surface area contributed by atoms with Gasteiger partial charge in [0.25, 0.3) is 5.91 Å². The lowest BCUT2D eigenvalue weighted by Crippen LogP contribution is -2.31. The van der Waals surface area contributed by atoms with Crippen LogP contribution in [0.4, 0.5) is 5.82 Å². The Hall–Kier alpha value is -3.35. The minimum Gasteiger partial charge on any atom is -0.363 e. The van der Waals surface area contributed by atoms with E-state index in [2.05, 4.69) is 15.3 Å². The van der Waals surface area contributed by atoms with Gasteiger partial charge in [-0.1, -0.05) is 30.3 Å². The second-order valence-electron chi connectivity index (χ2n) is 7.93. The van der Waals surface area contributed by atoms with E-state index in [4.69, 9.17) is 9.97 Å². The molecule has 2 heterocycles. The zero-order chi connectivity index (χ0) is 21.1. The number of aromatic nitrogens is 4. The molecule has 0 saturated heterocycles. The lowest BCUT2D eigenvalue weighted by atomic mass is 10.0. The minimum absolute atomic E-state index is 0.237. The van der Waals surface area contributed by atoms with Crippen LogP contribution in [0.5, 0.6) is 0 Å². The van der Waals surface area contributed by atoms with Crippen molar-refractivity contribution < 1.29 is 4.79 Å². The van der Waals surface area contributed by atoms with E-state index in [0.717, 1.165) is 41.4 Å². The van der Waals surface area contributed by atoms with E-state index in [1.54, 1.807) is 6.20 Å². The number of amides is 1. The number of benzene rings is 1. The van der Waals surface area contributed by atoms with Crippen molar-refractivity contribution in [2.45, 2.75) is 38.1 Å². The molecule has 30 heavy (non-hydrogen) atoms. The molecule has 1 amide bonds. The van der Waals surface area contributed by atoms with Gasteiger partial charge in [0.05, 0.1) is 17.9 Å². The summed E-state index contributed by atoms with van der Waals surface area (Å²) in [7, 11) is 3.96. The highest BCUT2D eigenvalue weighted by atomic mass is 16.1. The number of carbonyl (C=O) groups is 1. The van der Waals surface area contributed by atoms with Gasteiger partial charge in [0.1, 0.15) is 17.3 Å². The van der Waals surface area contributed by atoms with E-state index in [1.165, 1.54) is 6.20 Å². The predicted molar refractivity (Wildman–Crippen MR) is 115 cm³/mol. The molecular weight excluding hydrogens is 376 g/mol. The van der Waals surface area contributed by atoms with Crippen molar-refractivity contribution in [3.05, 3.63) is 77.3 Å². The van der Waals surface area contributed by atoms with Gasteiger partial charge in [0, 0.05) is 44.4 Å². The Labute approximate surface area is 176 Å². The van der Waals surface area contributed by atoms with E-state index in [0.29, 0.717) is 18.0 Å². The third-order valence-corrected chi connectivity index (χ3v) is 5.12. The number of carbonyl (C=O) groups excluding carboxylic acids is 1. The van der Waals surface area contributed by atoms with Gasteiger partial charge in [-0.3, -0.25) is 9.78 Å². The highest BCUT2D eigenvalue weighted by Gasteiger charge is 2.28. The van der Waals surface area contributed by atoms with Gasteiger partial charge >= 0.3 is 0 Å². The molecule has 2 aromatic heterocycles. The van der Waals surface area contributed by atoms with Crippen LogP contribution in [-0.4, -0.2) is 39.9 Å². The lowest BCUT2D eigenvalue weighted by Gasteiger charge is -2.20. The van der Waals surface area contributed by atoms with Crippen molar-refractivity contribution in [2.24, 2.45) is 0 Å². The smallest absolute Gasteiger partial charge is 0.271 e. The highest BCUT2D eigenvalue weighted by Crippen LogP contribution is 2.38. The first-order chi connectivity index (χ1) is 14.5. The van der Waals surface area contributed by atoms with Gasteiger partial charge in [-0.05, 0) is 25.3 Å². The van der Waals surface area contributed by atoms with Crippen molar-refractivity contribution in [1.29, 1.82) is 0 Å². The second kappa shape index (κ2) is 8.57. The summed E-state index contributed by atoms with van der Waals surface area (Å²) in [6.45, 7) is 1.84. The average molecular weight is 403 g/mol. The quantitative estimate of drug-likeness (QED) is 0.653. The molecule has 1 fully saturated rings. The van der Waals surface area contributed by atoms with Crippen molar-refractivity contribution in [3.8, 4) is 0 Å². The number of rotatable bonds is 7. The molecule has 1 aliphatic carbocycles. The fraction of sp³-hybridized carbons (Fsp3) is 0.348. The summed E-state index contributed by atoms with van der Waals surface area (Å²) in [5.74, 6) is 2.00. The van der Waals surface area contributed by atoms with Crippen molar-refractivity contribution >= 4 is 11.7 Å². The zero-order valence-corrected chi connectivity index (χ0v) is 17.5. The highest BCUT2D eigenvalue weighted by molar-refractivity contribution is 5.92. The molecule has 7 nitrogen and oxygen atoms in total. The van der Waals surface area contributed by atoms with Crippen LogP contribution in [0.3, 0.4) is 0 Å². The SMILES string of the molecule is Cc1cnc(C(=O)N[C@@H](Cc2cc(N(C)C)nc(C3CC3)n2)c2ccccc2)cn1. The Balaban J connectivity index is 1.62. The first kappa shape index (κ1) is 19.9. The molecule has 0 unspecified atom stereocenters. The number of anilines is 1. The first-order valence-electron chi connectivity index (χ1n) is 10.2.